The molecule has 6 nitrogen and oxygen atoms in total. The van der Waals surface area contributed by atoms with Crippen molar-refractivity contribution in [3.8, 4) is 0 Å². The van der Waals surface area contributed by atoms with Gasteiger partial charge in [0.1, 0.15) is 12.1 Å². The Morgan fingerprint density at radius 3 is 2.82 bits per heavy atom. The number of fused-ring (bicyclic) bond motifs is 1. The number of aromatic nitrogens is 4. The normalized spacial score (nSPS) is 12.2. The van der Waals surface area contributed by atoms with Crippen molar-refractivity contribution in [1.82, 2.24) is 24.9 Å². The molecule has 3 heterocycles. The highest BCUT2D eigenvalue weighted by atomic mass is 32.1. The highest BCUT2D eigenvalue weighted by molar-refractivity contribution is 7.15. The quantitative estimate of drug-likeness (QED) is 0.522. The van der Waals surface area contributed by atoms with Gasteiger partial charge in [0.2, 0.25) is 10.9 Å². The molecule has 4 aromatic rings. The van der Waals surface area contributed by atoms with Crippen LogP contribution in [0.5, 0.6) is 0 Å². The van der Waals surface area contributed by atoms with Crippen LogP contribution in [0.4, 0.5) is 4.39 Å². The van der Waals surface area contributed by atoms with Crippen molar-refractivity contribution in [1.29, 1.82) is 0 Å². The highest BCUT2D eigenvalue weighted by Crippen LogP contribution is 2.21. The van der Waals surface area contributed by atoms with Crippen LogP contribution in [0, 0.1) is 5.82 Å². The van der Waals surface area contributed by atoms with Crippen molar-refractivity contribution in [2.75, 3.05) is 6.54 Å². The van der Waals surface area contributed by atoms with Crippen LogP contribution in [0.15, 0.2) is 60.4 Å². The van der Waals surface area contributed by atoms with Crippen LogP contribution in [-0.4, -0.2) is 32.0 Å². The van der Waals surface area contributed by atoms with Crippen molar-refractivity contribution in [3.05, 3.63) is 83.1 Å². The van der Waals surface area contributed by atoms with Gasteiger partial charge in [-0.1, -0.05) is 18.2 Å². The lowest BCUT2D eigenvalue weighted by Gasteiger charge is -2.17. The molecular weight excluding hydrogens is 377 g/mol. The minimum absolute atomic E-state index is 0.109. The number of thiazole rings is 1. The zero-order valence-corrected chi connectivity index (χ0v) is 15.8. The van der Waals surface area contributed by atoms with E-state index in [-0.39, 0.29) is 11.7 Å². The first kappa shape index (κ1) is 18.2. The Bertz CT molecular complexity index is 1060. The van der Waals surface area contributed by atoms with Gasteiger partial charge in [-0.3, -0.25) is 9.78 Å². The summed E-state index contributed by atoms with van der Waals surface area (Å²) < 4.78 is 15.1. The number of carbonyl (C=O) groups is 1. The van der Waals surface area contributed by atoms with E-state index in [9.17, 15) is 9.18 Å². The van der Waals surface area contributed by atoms with Gasteiger partial charge in [0.05, 0.1) is 11.6 Å². The summed E-state index contributed by atoms with van der Waals surface area (Å²) in [6.07, 6.45) is 4.32. The van der Waals surface area contributed by atoms with Gasteiger partial charge in [-0.15, -0.1) is 11.3 Å². The number of pyridine rings is 1. The first-order chi connectivity index (χ1) is 13.7. The Balaban J connectivity index is 1.46. The number of amides is 1. The molecule has 0 aliphatic heterocycles. The Labute approximate surface area is 165 Å². The van der Waals surface area contributed by atoms with E-state index in [2.05, 4.69) is 20.4 Å². The van der Waals surface area contributed by atoms with E-state index < -0.39 is 5.92 Å². The lowest BCUT2D eigenvalue weighted by Crippen LogP contribution is -2.32. The molecule has 8 heteroatoms. The monoisotopic (exact) mass is 395 g/mol. The minimum Gasteiger partial charge on any atom is -0.355 e. The van der Waals surface area contributed by atoms with Crippen molar-refractivity contribution in [2.45, 2.75) is 18.8 Å². The summed E-state index contributed by atoms with van der Waals surface area (Å²) in [6, 6.07) is 11.7. The van der Waals surface area contributed by atoms with Crippen LogP contribution < -0.4 is 5.32 Å². The number of carbonyl (C=O) groups excluding carboxylic acids is 1. The van der Waals surface area contributed by atoms with E-state index in [1.165, 1.54) is 29.8 Å². The van der Waals surface area contributed by atoms with Crippen molar-refractivity contribution < 1.29 is 9.18 Å². The molecule has 4 rings (SSSR count). The van der Waals surface area contributed by atoms with Crippen LogP contribution >= 0.6 is 11.3 Å². The van der Waals surface area contributed by atoms with E-state index >= 15 is 0 Å². The predicted molar refractivity (Wildman–Crippen MR) is 105 cm³/mol. The minimum atomic E-state index is -0.440. The van der Waals surface area contributed by atoms with E-state index in [1.807, 2.05) is 23.6 Å². The molecule has 3 aromatic heterocycles. The number of hydrogen-bond donors (Lipinski definition) is 1. The smallest absolute Gasteiger partial charge is 0.227 e. The average Bonchev–Trinajstić information content (AvgIpc) is 3.32. The average molecular weight is 395 g/mol. The van der Waals surface area contributed by atoms with Crippen molar-refractivity contribution in [2.24, 2.45) is 0 Å². The largest absolute Gasteiger partial charge is 0.355 e. The molecule has 0 fully saturated rings. The molecular formula is C20H18FN5OS. The van der Waals surface area contributed by atoms with Gasteiger partial charge < -0.3 is 5.32 Å². The zero-order valence-electron chi connectivity index (χ0n) is 15.0. The van der Waals surface area contributed by atoms with E-state index in [0.29, 0.717) is 19.4 Å². The molecule has 1 aromatic carbocycles. The molecule has 0 spiro atoms. The molecule has 1 amide bonds. The zero-order chi connectivity index (χ0) is 19.3. The Hall–Kier alpha value is -3.13. The maximum atomic E-state index is 13.3. The van der Waals surface area contributed by atoms with Gasteiger partial charge >= 0.3 is 0 Å². The number of hydrogen-bond acceptors (Lipinski definition) is 5. The summed E-state index contributed by atoms with van der Waals surface area (Å²) in [7, 11) is 0. The number of nitrogens with one attached hydrogen (secondary N) is 1. The number of rotatable bonds is 7. The molecule has 0 aliphatic rings. The van der Waals surface area contributed by atoms with Gasteiger partial charge in [-0.25, -0.2) is 13.9 Å². The first-order valence-corrected chi connectivity index (χ1v) is 9.78. The fourth-order valence-corrected chi connectivity index (χ4v) is 3.90. The summed E-state index contributed by atoms with van der Waals surface area (Å²) in [6.45, 7) is 0.477. The summed E-state index contributed by atoms with van der Waals surface area (Å²) in [5.41, 5.74) is 2.58. The summed E-state index contributed by atoms with van der Waals surface area (Å²) in [5, 5.41) is 9.17. The topological polar surface area (TPSA) is 72.2 Å². The van der Waals surface area contributed by atoms with Crippen LogP contribution in [0.1, 0.15) is 22.9 Å². The lowest BCUT2D eigenvalue weighted by atomic mass is 9.93. The van der Waals surface area contributed by atoms with Crippen molar-refractivity contribution in [3.63, 3.8) is 0 Å². The maximum absolute atomic E-state index is 13.3. The third-order valence-electron chi connectivity index (χ3n) is 4.50. The van der Waals surface area contributed by atoms with Crippen molar-refractivity contribution >= 4 is 22.2 Å². The molecule has 28 heavy (non-hydrogen) atoms. The van der Waals surface area contributed by atoms with E-state index in [4.69, 9.17) is 0 Å². The standard InChI is InChI=1S/C20H18FN5OS/c21-15-6-4-14(5-7-15)18(11-16-3-1-2-9-22-16)19(27)23-10-8-17-12-28-20-24-13-25-26(17)20/h1-7,9,12-13,18H,8,10-11H2,(H,23,27). The van der Waals surface area contributed by atoms with Crippen LogP contribution in [0.25, 0.3) is 4.96 Å². The number of nitrogens with zero attached hydrogens (tertiary/aromatic N) is 4. The molecule has 1 N–H and O–H groups in total. The van der Waals surface area contributed by atoms with Crippen LogP contribution in [0.2, 0.25) is 0 Å². The SMILES string of the molecule is O=C(NCCc1csc2ncnn12)C(Cc1ccccn1)c1ccc(F)cc1. The first-order valence-electron chi connectivity index (χ1n) is 8.90. The number of halogens is 1. The summed E-state index contributed by atoms with van der Waals surface area (Å²) in [4.78, 5) is 22.2. The fraction of sp³-hybridized carbons (Fsp3) is 0.200. The molecule has 0 bridgehead atoms. The van der Waals surface area contributed by atoms with E-state index in [0.717, 1.165) is 21.9 Å². The van der Waals surface area contributed by atoms with Gasteiger partial charge in [0.25, 0.3) is 0 Å². The molecule has 0 aliphatic carbocycles. The Morgan fingerprint density at radius 2 is 2.04 bits per heavy atom. The molecule has 0 saturated carbocycles. The third-order valence-corrected chi connectivity index (χ3v) is 5.38. The third kappa shape index (κ3) is 4.07. The lowest BCUT2D eigenvalue weighted by molar-refractivity contribution is -0.122. The predicted octanol–water partition coefficient (Wildman–Crippen LogP) is 3.01. The van der Waals surface area contributed by atoms with Crippen LogP contribution in [-0.2, 0) is 17.6 Å². The fourth-order valence-electron chi connectivity index (χ4n) is 3.07. The summed E-state index contributed by atoms with van der Waals surface area (Å²) in [5.74, 6) is -0.873. The van der Waals surface area contributed by atoms with E-state index in [1.54, 1.807) is 22.8 Å². The molecule has 0 radical (unpaired) electrons. The molecule has 1 atom stereocenters. The second-order valence-electron chi connectivity index (χ2n) is 6.35. The second-order valence-corrected chi connectivity index (χ2v) is 7.19. The second kappa shape index (κ2) is 8.26. The molecule has 0 saturated heterocycles. The Morgan fingerprint density at radius 1 is 1.18 bits per heavy atom. The Kier molecular flexibility index (Phi) is 5.38. The maximum Gasteiger partial charge on any atom is 0.227 e. The van der Waals surface area contributed by atoms with Crippen LogP contribution in [0.3, 0.4) is 0 Å². The van der Waals surface area contributed by atoms with Gasteiger partial charge in [-0.2, -0.15) is 5.10 Å². The number of benzene rings is 1. The molecule has 1 unspecified atom stereocenters. The van der Waals surface area contributed by atoms with Gasteiger partial charge in [0.15, 0.2) is 0 Å². The highest BCUT2D eigenvalue weighted by Gasteiger charge is 2.21. The van der Waals surface area contributed by atoms with Gasteiger partial charge in [0, 0.05) is 36.7 Å². The molecule has 142 valence electrons. The van der Waals surface area contributed by atoms with Gasteiger partial charge in [-0.05, 0) is 29.8 Å². The summed E-state index contributed by atoms with van der Waals surface area (Å²) >= 11 is 1.52.